The van der Waals surface area contributed by atoms with Gasteiger partial charge in [0.25, 0.3) is 0 Å². The van der Waals surface area contributed by atoms with Gasteiger partial charge in [-0.15, -0.1) is 34.0 Å². The normalized spacial score (nSPS) is 11.6. The van der Waals surface area contributed by atoms with Crippen LogP contribution in [0.2, 0.25) is 0 Å². The number of nitrogens with zero attached hydrogens (tertiary/aromatic N) is 9. The second kappa shape index (κ2) is 36.2. The van der Waals surface area contributed by atoms with E-state index < -0.39 is 0 Å². The molecule has 29 aromatic rings. The van der Waals surface area contributed by atoms with Crippen molar-refractivity contribution in [3.8, 4) is 141 Å². The summed E-state index contributed by atoms with van der Waals surface area (Å²) < 4.78 is 10.8. The molecule has 0 radical (unpaired) electrons. The fraction of sp³-hybridized carbons (Fsp3) is 0. The molecule has 0 aliphatic rings. The summed E-state index contributed by atoms with van der Waals surface area (Å²) in [7, 11) is 0. The first-order valence-corrected chi connectivity index (χ1v) is 50.9. The predicted molar refractivity (Wildman–Crippen MR) is 608 cm³/mol. The summed E-state index contributed by atoms with van der Waals surface area (Å²) in [6.45, 7) is 0. The van der Waals surface area contributed by atoms with Gasteiger partial charge in [0, 0.05) is 129 Å². The van der Waals surface area contributed by atoms with E-state index in [0.717, 1.165) is 138 Å². The Morgan fingerprint density at radius 2 is 0.389 bits per heavy atom. The number of aromatic nitrogens is 9. The molecule has 0 amide bonds. The largest absolute Gasteiger partial charge is 0.309 e. The van der Waals surface area contributed by atoms with E-state index in [1.165, 1.54) is 129 Å². The van der Waals surface area contributed by atoms with Crippen LogP contribution < -0.4 is 0 Å². The molecule has 29 rings (SSSR count). The lowest BCUT2D eigenvalue weighted by atomic mass is 9.94. The average molecular weight is 1890 g/mol. The molecule has 0 N–H and O–H groups in total. The molecule has 20 aromatic carbocycles. The quantitative estimate of drug-likeness (QED) is 0.108. The highest BCUT2D eigenvalue weighted by molar-refractivity contribution is 7.26. The molecule has 0 fully saturated rings. The highest BCUT2D eigenvalue weighted by Gasteiger charge is 2.27. The Labute approximate surface area is 841 Å². The predicted octanol–water partition coefficient (Wildman–Crippen LogP) is 36.2. The minimum Gasteiger partial charge on any atom is -0.309 e. The first-order valence-electron chi connectivity index (χ1n) is 48.4. The molecule has 0 atom stereocenters. The maximum absolute atomic E-state index is 5.29. The van der Waals surface area contributed by atoms with Gasteiger partial charge in [0.1, 0.15) is 14.5 Å². The third-order valence-electron chi connectivity index (χ3n) is 27.7. The zero-order chi connectivity index (χ0) is 95.1. The van der Waals surface area contributed by atoms with Crippen molar-refractivity contribution in [1.82, 2.24) is 43.6 Å². The van der Waals surface area contributed by atoms with Gasteiger partial charge in [0.15, 0.2) is 17.5 Å². The highest BCUT2D eigenvalue weighted by Crippen LogP contribution is 2.50. The van der Waals surface area contributed by atoms with E-state index in [-0.39, 0.29) is 0 Å². The van der Waals surface area contributed by atoms with Crippen LogP contribution >= 0.6 is 34.0 Å². The van der Waals surface area contributed by atoms with Crippen LogP contribution in [0, 0.1) is 0 Å². The molecule has 0 spiro atoms. The zero-order valence-corrected chi connectivity index (χ0v) is 80.1. The Bertz CT molecular complexity index is 10000. The summed E-state index contributed by atoms with van der Waals surface area (Å²) in [6.07, 6.45) is 0. The van der Waals surface area contributed by atoms with Crippen LogP contribution in [0.25, 0.3) is 267 Å². The molecule has 0 aliphatic heterocycles. The van der Waals surface area contributed by atoms with Crippen molar-refractivity contribution in [2.45, 2.75) is 0 Å². The lowest BCUT2D eigenvalue weighted by Gasteiger charge is -2.11. The van der Waals surface area contributed by atoms with Gasteiger partial charge in [-0.05, 0) is 177 Å². The molecule has 674 valence electrons. The molecule has 9 aromatic heterocycles. The van der Waals surface area contributed by atoms with E-state index in [0.29, 0.717) is 0 Å². The molecule has 144 heavy (non-hydrogen) atoms. The van der Waals surface area contributed by atoms with E-state index in [4.69, 9.17) is 29.9 Å². The minimum absolute atomic E-state index is 0.742. The van der Waals surface area contributed by atoms with Crippen LogP contribution in [0.1, 0.15) is 0 Å². The third kappa shape index (κ3) is 15.1. The van der Waals surface area contributed by atoms with Crippen LogP contribution in [0.4, 0.5) is 0 Å². The van der Waals surface area contributed by atoms with E-state index in [9.17, 15) is 0 Å². The Morgan fingerprint density at radius 1 is 0.146 bits per heavy atom. The average Bonchev–Trinajstić information content (AvgIpc) is 1.57. The summed E-state index contributed by atoms with van der Waals surface area (Å²) >= 11 is 5.19. The first-order chi connectivity index (χ1) is 71.4. The molecular weight excluding hydrogens is 1810 g/mol. The number of hydrogen-bond donors (Lipinski definition) is 0. The Hall–Kier alpha value is -18.3. The molecule has 0 unspecified atom stereocenters. The van der Waals surface area contributed by atoms with E-state index in [2.05, 4.69) is 463 Å². The molecule has 9 heterocycles. The maximum Gasteiger partial charge on any atom is 0.161 e. The molecule has 0 aliphatic carbocycles. The summed E-state index contributed by atoms with van der Waals surface area (Å²) in [5.41, 5.74) is 31.6. The van der Waals surface area contributed by atoms with Crippen molar-refractivity contribution in [2.75, 3.05) is 0 Å². The monoisotopic (exact) mass is 1890 g/mol. The molecule has 0 bridgehead atoms. The lowest BCUT2D eigenvalue weighted by Crippen LogP contribution is -1.94. The molecule has 0 saturated carbocycles. The van der Waals surface area contributed by atoms with Crippen molar-refractivity contribution in [3.63, 3.8) is 0 Å². The summed E-state index contributed by atoms with van der Waals surface area (Å²) in [4.78, 5) is 34.0. The van der Waals surface area contributed by atoms with E-state index in [1.807, 2.05) is 54.6 Å². The number of thiophene rings is 3. The standard InChI is InChI=1S/2C46H29N3S.C40H25N3S/c1-4-14-30(15-5-1)32-26-27-39-38(29-32)42-36(23-13-24-40(42)49(39)35-20-8-3-9-21-35)33-18-12-19-34(28-33)44-43-37-22-10-11-25-41(37)50-46(43)48-45(47-44)31-16-6-2-7-17-31;1-3-14-30(15-4-1)45-47-44(43-38-23-8-10-27-41(38)50-46(43)48-45)34-19-12-17-32(29-34)31-16-11-18-33(28-31)36-24-13-26-40-42(36)37-22-7-9-25-39(37)49(40)35-20-5-2-6-21-35;1-3-13-26(14-4-1)39-41-38(37-32-20-8-10-24-35(32)44-40(37)42-39)28-16-11-15-27(25-28)30-21-12-23-34-36(30)31-19-7-9-22-33(31)43(34)29-17-5-2-6-18-29/h2*1-29H;1-25H. The first kappa shape index (κ1) is 84.9. The zero-order valence-electron chi connectivity index (χ0n) is 77.7. The van der Waals surface area contributed by atoms with Crippen LogP contribution in [0.3, 0.4) is 0 Å². The van der Waals surface area contributed by atoms with Gasteiger partial charge in [-0.2, -0.15) is 0 Å². The summed E-state index contributed by atoms with van der Waals surface area (Å²) in [5, 5.41) is 14.4. The topological polar surface area (TPSA) is 92.1 Å². The molecular formula is C132H83N9S3. The smallest absolute Gasteiger partial charge is 0.161 e. The Morgan fingerprint density at radius 3 is 0.743 bits per heavy atom. The van der Waals surface area contributed by atoms with Gasteiger partial charge in [0.2, 0.25) is 0 Å². The fourth-order valence-electron chi connectivity index (χ4n) is 21.2. The minimum atomic E-state index is 0.742. The van der Waals surface area contributed by atoms with Crippen LogP contribution in [0.5, 0.6) is 0 Å². The van der Waals surface area contributed by atoms with Gasteiger partial charge < -0.3 is 13.7 Å². The lowest BCUT2D eigenvalue weighted by molar-refractivity contribution is 1.18. The number of fused-ring (bicyclic) bond motifs is 18. The molecule has 12 heteroatoms. The molecule has 0 saturated heterocycles. The van der Waals surface area contributed by atoms with Crippen LogP contribution in [-0.4, -0.2) is 43.6 Å². The second-order valence-electron chi connectivity index (χ2n) is 36.2. The Kier molecular flexibility index (Phi) is 21.3. The Balaban J connectivity index is 0.000000108. The van der Waals surface area contributed by atoms with Crippen molar-refractivity contribution in [3.05, 3.63) is 504 Å². The number of rotatable bonds is 14. The van der Waals surface area contributed by atoms with Gasteiger partial charge >= 0.3 is 0 Å². The fourth-order valence-corrected chi connectivity index (χ4v) is 24.5. The number of hydrogen-bond acceptors (Lipinski definition) is 9. The van der Waals surface area contributed by atoms with Gasteiger partial charge in [0.05, 0.1) is 50.2 Å². The van der Waals surface area contributed by atoms with Gasteiger partial charge in [-0.1, -0.05) is 382 Å². The third-order valence-corrected chi connectivity index (χ3v) is 30.9. The highest BCUT2D eigenvalue weighted by atomic mass is 32.1. The van der Waals surface area contributed by atoms with Gasteiger partial charge in [-0.25, -0.2) is 29.9 Å². The van der Waals surface area contributed by atoms with Crippen molar-refractivity contribution >= 4 is 160 Å². The molecule has 9 nitrogen and oxygen atoms in total. The maximum atomic E-state index is 5.29. The summed E-state index contributed by atoms with van der Waals surface area (Å²) in [6, 6.07) is 179. The summed E-state index contributed by atoms with van der Waals surface area (Å²) in [5.74, 6) is 2.24. The SMILES string of the molecule is c1ccc(-c2ccc3c(c2)c2c(-c4cccc(-c5nc(-c6ccccc6)nc6sc7ccccc7c56)c4)cccc2n3-c2ccccc2)cc1.c1ccc(-c2nc(-c3cccc(-c4cccc(-c5cccc6c5c5ccccc5n6-c5ccccc5)c4)c3)c3c(n2)sc2ccccc23)cc1.c1ccc(-c2nc(-c3cccc(-c4cccc5c4c4ccccc4n5-c4ccccc4)c3)c3c(n2)sc2ccccc23)cc1. The van der Waals surface area contributed by atoms with Crippen molar-refractivity contribution in [2.24, 2.45) is 0 Å². The number of benzene rings is 20. The van der Waals surface area contributed by atoms with Crippen LogP contribution in [-0.2, 0) is 0 Å². The van der Waals surface area contributed by atoms with Crippen LogP contribution in [0.15, 0.2) is 504 Å². The van der Waals surface area contributed by atoms with E-state index in [1.54, 1.807) is 34.0 Å². The van der Waals surface area contributed by atoms with Crippen molar-refractivity contribution in [1.29, 1.82) is 0 Å². The number of para-hydroxylation sites is 5. The van der Waals surface area contributed by atoms with Gasteiger partial charge in [-0.3, -0.25) is 0 Å². The van der Waals surface area contributed by atoms with E-state index >= 15 is 0 Å². The second-order valence-corrected chi connectivity index (χ2v) is 39.3. The van der Waals surface area contributed by atoms with Crippen molar-refractivity contribution < 1.29 is 0 Å².